The molecule has 25 heavy (non-hydrogen) atoms. The number of para-hydroxylation sites is 1. The van der Waals surface area contributed by atoms with E-state index in [1.165, 1.54) is 4.90 Å². The van der Waals surface area contributed by atoms with E-state index in [1.54, 1.807) is 0 Å². The molecule has 1 aliphatic heterocycles. The molecular weight excluding hydrogens is 316 g/mol. The molecule has 2 bridgehead atoms. The van der Waals surface area contributed by atoms with Gasteiger partial charge in [0.1, 0.15) is 0 Å². The van der Waals surface area contributed by atoms with Crippen molar-refractivity contribution in [3.8, 4) is 0 Å². The third-order valence-electron chi connectivity index (χ3n) is 6.37. The molecule has 2 saturated carbocycles. The molecule has 3 amide bonds. The Balaban J connectivity index is 1.26. The smallest absolute Gasteiger partial charge is 0.233 e. The minimum Gasteiger partial charge on any atom is -0.326 e. The van der Waals surface area contributed by atoms with Crippen LogP contribution in [0.25, 0.3) is 0 Å². The molecule has 0 radical (unpaired) electrons. The van der Waals surface area contributed by atoms with Gasteiger partial charge in [0.2, 0.25) is 17.7 Å². The average molecular weight is 336 g/mol. The van der Waals surface area contributed by atoms with Crippen LogP contribution < -0.4 is 5.32 Å². The number of nitrogens with zero attached hydrogens (tertiary/aromatic N) is 1. The first-order valence-electron chi connectivity index (χ1n) is 9.03. The number of likely N-dealkylation sites (tertiary alicyclic amines) is 1. The normalized spacial score (nSPS) is 37.0. The van der Waals surface area contributed by atoms with Crippen LogP contribution in [-0.4, -0.2) is 29.2 Å². The van der Waals surface area contributed by atoms with E-state index in [9.17, 15) is 14.4 Å². The number of benzene rings is 1. The number of anilines is 1. The van der Waals surface area contributed by atoms with Gasteiger partial charge < -0.3 is 5.32 Å². The average Bonchev–Trinajstić information content (AvgIpc) is 3.40. The second kappa shape index (κ2) is 5.28. The van der Waals surface area contributed by atoms with Gasteiger partial charge in [-0.2, -0.15) is 0 Å². The Hall–Kier alpha value is -2.43. The maximum Gasteiger partial charge on any atom is 0.233 e. The highest BCUT2D eigenvalue weighted by Gasteiger charge is 2.66. The number of nitrogens with one attached hydrogen (secondary N) is 1. The number of amides is 3. The summed E-state index contributed by atoms with van der Waals surface area (Å²) in [5, 5.41) is 2.80. The zero-order chi connectivity index (χ0) is 17.1. The largest absolute Gasteiger partial charge is 0.326 e. The summed E-state index contributed by atoms with van der Waals surface area (Å²) in [6.07, 6.45) is 5.63. The van der Waals surface area contributed by atoms with Crippen LogP contribution in [0, 0.1) is 35.5 Å². The minimum atomic E-state index is -0.177. The molecule has 5 heteroatoms. The van der Waals surface area contributed by atoms with Crippen molar-refractivity contribution in [1.82, 2.24) is 4.90 Å². The van der Waals surface area contributed by atoms with Gasteiger partial charge in [-0.3, -0.25) is 19.3 Å². The standard InChI is InChI=1S/C20H20N2O3/c23-16(21-11-4-2-1-3-5-11)8-9-22-19(24)17-12-6-7-13(15-10-14(12)15)18(17)20(22)25/h1-7,12-15,17-18H,8-10H2,(H,21,23)/t12-,13-,14-,15-,17-,18+/m0/s1. The first-order chi connectivity index (χ1) is 12.1. The van der Waals surface area contributed by atoms with E-state index in [4.69, 9.17) is 0 Å². The van der Waals surface area contributed by atoms with Crippen LogP contribution in [0.4, 0.5) is 5.69 Å². The van der Waals surface area contributed by atoms with Crippen LogP contribution >= 0.6 is 0 Å². The third-order valence-corrected chi connectivity index (χ3v) is 6.37. The Kier molecular flexibility index (Phi) is 3.14. The van der Waals surface area contributed by atoms with E-state index in [1.807, 2.05) is 30.3 Å². The molecule has 1 heterocycles. The molecule has 5 aliphatic rings. The monoisotopic (exact) mass is 336 g/mol. The number of hydrogen-bond acceptors (Lipinski definition) is 3. The molecule has 0 spiro atoms. The van der Waals surface area contributed by atoms with Crippen molar-refractivity contribution in [1.29, 1.82) is 0 Å². The van der Waals surface area contributed by atoms with Gasteiger partial charge in [-0.1, -0.05) is 30.4 Å². The Morgan fingerprint density at radius 1 is 1.00 bits per heavy atom. The van der Waals surface area contributed by atoms with Crippen LogP contribution in [0.2, 0.25) is 0 Å². The van der Waals surface area contributed by atoms with Crippen molar-refractivity contribution in [2.75, 3.05) is 11.9 Å². The number of rotatable bonds is 4. The fraction of sp³-hybridized carbons (Fsp3) is 0.450. The predicted octanol–water partition coefficient (Wildman–Crippen LogP) is 2.07. The number of hydrogen-bond donors (Lipinski definition) is 1. The minimum absolute atomic E-state index is 0.0628. The second-order valence-electron chi connectivity index (χ2n) is 7.65. The van der Waals surface area contributed by atoms with Crippen molar-refractivity contribution in [3.05, 3.63) is 42.5 Å². The Labute approximate surface area is 146 Å². The van der Waals surface area contributed by atoms with Crippen LogP contribution in [0.15, 0.2) is 42.5 Å². The molecule has 1 aromatic rings. The van der Waals surface area contributed by atoms with Crippen LogP contribution in [-0.2, 0) is 14.4 Å². The molecular formula is C20H20N2O3. The van der Waals surface area contributed by atoms with Gasteiger partial charge in [0, 0.05) is 18.7 Å². The molecule has 4 aliphatic carbocycles. The van der Waals surface area contributed by atoms with Crippen LogP contribution in [0.5, 0.6) is 0 Å². The van der Waals surface area contributed by atoms with Gasteiger partial charge in [-0.05, 0) is 42.2 Å². The molecule has 0 aromatic heterocycles. The highest BCUT2D eigenvalue weighted by molar-refractivity contribution is 6.06. The van der Waals surface area contributed by atoms with E-state index >= 15 is 0 Å². The van der Waals surface area contributed by atoms with Crippen molar-refractivity contribution < 1.29 is 14.4 Å². The quantitative estimate of drug-likeness (QED) is 0.676. The van der Waals surface area contributed by atoms with E-state index in [-0.39, 0.29) is 54.4 Å². The van der Waals surface area contributed by atoms with E-state index in [0.717, 1.165) is 12.1 Å². The summed E-state index contributed by atoms with van der Waals surface area (Å²) in [7, 11) is 0. The van der Waals surface area contributed by atoms with E-state index < -0.39 is 0 Å². The summed E-state index contributed by atoms with van der Waals surface area (Å²) in [5.74, 6) is 1.03. The molecule has 6 rings (SSSR count). The first-order valence-corrected chi connectivity index (χ1v) is 9.03. The number of allylic oxidation sites excluding steroid dienone is 2. The molecule has 1 aromatic carbocycles. The Morgan fingerprint density at radius 3 is 2.20 bits per heavy atom. The topological polar surface area (TPSA) is 66.5 Å². The van der Waals surface area contributed by atoms with Crippen molar-refractivity contribution >= 4 is 23.4 Å². The lowest BCUT2D eigenvalue weighted by Crippen LogP contribution is -2.40. The van der Waals surface area contributed by atoms with E-state index in [2.05, 4.69) is 17.5 Å². The van der Waals surface area contributed by atoms with Crippen LogP contribution in [0.1, 0.15) is 12.8 Å². The van der Waals surface area contributed by atoms with Gasteiger partial charge >= 0.3 is 0 Å². The predicted molar refractivity (Wildman–Crippen MR) is 91.1 cm³/mol. The van der Waals surface area contributed by atoms with E-state index in [0.29, 0.717) is 11.8 Å². The number of carbonyl (C=O) groups excluding carboxylic acids is 3. The van der Waals surface area contributed by atoms with Crippen molar-refractivity contribution in [2.45, 2.75) is 12.8 Å². The fourth-order valence-electron chi connectivity index (χ4n) is 5.20. The van der Waals surface area contributed by atoms with Crippen LogP contribution in [0.3, 0.4) is 0 Å². The molecule has 3 fully saturated rings. The number of carbonyl (C=O) groups is 3. The maximum atomic E-state index is 12.8. The van der Waals surface area contributed by atoms with Gasteiger partial charge in [0.05, 0.1) is 11.8 Å². The van der Waals surface area contributed by atoms with Crippen molar-refractivity contribution in [3.63, 3.8) is 0 Å². The number of imide groups is 1. The zero-order valence-corrected chi connectivity index (χ0v) is 13.8. The lowest BCUT2D eigenvalue weighted by atomic mass is 9.63. The highest BCUT2D eigenvalue weighted by Crippen LogP contribution is 2.65. The van der Waals surface area contributed by atoms with Gasteiger partial charge in [0.25, 0.3) is 0 Å². The summed E-state index contributed by atoms with van der Waals surface area (Å²) < 4.78 is 0. The lowest BCUT2D eigenvalue weighted by Gasteiger charge is -2.37. The summed E-state index contributed by atoms with van der Waals surface area (Å²) >= 11 is 0. The lowest BCUT2D eigenvalue weighted by molar-refractivity contribution is -0.140. The Morgan fingerprint density at radius 2 is 1.60 bits per heavy atom. The summed E-state index contributed by atoms with van der Waals surface area (Å²) in [5.41, 5.74) is 0.725. The SMILES string of the molecule is O=C(CCN1C(=O)[C@@H]2[C@H]3C=C[C@@H]([C@@H]4C[C@@H]34)[C@@H]2C1=O)Nc1ccccc1. The third kappa shape index (κ3) is 2.18. The highest BCUT2D eigenvalue weighted by atomic mass is 16.2. The maximum absolute atomic E-state index is 12.8. The second-order valence-corrected chi connectivity index (χ2v) is 7.65. The summed E-state index contributed by atoms with van der Waals surface area (Å²) in [6, 6.07) is 9.21. The van der Waals surface area contributed by atoms with Gasteiger partial charge in [-0.25, -0.2) is 0 Å². The molecule has 1 saturated heterocycles. The zero-order valence-electron chi connectivity index (χ0n) is 13.8. The summed E-state index contributed by atoms with van der Waals surface area (Å²) in [4.78, 5) is 39.1. The fourth-order valence-corrected chi connectivity index (χ4v) is 5.20. The molecule has 6 atom stereocenters. The van der Waals surface area contributed by atoms with Gasteiger partial charge in [-0.15, -0.1) is 0 Å². The Bertz CT molecular complexity index is 751. The van der Waals surface area contributed by atoms with Crippen molar-refractivity contribution in [2.24, 2.45) is 35.5 Å². The molecule has 1 N–H and O–H groups in total. The summed E-state index contributed by atoms with van der Waals surface area (Å²) in [6.45, 7) is 0.179. The molecule has 128 valence electrons. The van der Waals surface area contributed by atoms with Gasteiger partial charge in [0.15, 0.2) is 0 Å². The molecule has 0 unspecified atom stereocenters. The molecule has 5 nitrogen and oxygen atoms in total. The first kappa shape index (κ1) is 14.9.